The van der Waals surface area contributed by atoms with Crippen molar-refractivity contribution in [1.82, 2.24) is 4.98 Å². The summed E-state index contributed by atoms with van der Waals surface area (Å²) in [5.41, 5.74) is 5.66. The normalized spacial score (nSPS) is 12.4. The third-order valence-corrected chi connectivity index (χ3v) is 6.03. The van der Waals surface area contributed by atoms with Gasteiger partial charge in [-0.15, -0.1) is 0 Å². The van der Waals surface area contributed by atoms with Gasteiger partial charge in [-0.05, 0) is 36.1 Å². The fraction of sp³-hybridized carbons (Fsp3) is 0.217. The Labute approximate surface area is 200 Å². The highest BCUT2D eigenvalue weighted by Gasteiger charge is 2.26. The Morgan fingerprint density at radius 2 is 1.66 bits per heavy atom. The van der Waals surface area contributed by atoms with Crippen molar-refractivity contribution < 1.29 is 26.4 Å². The van der Waals surface area contributed by atoms with Gasteiger partial charge in [-0.2, -0.15) is 13.8 Å². The van der Waals surface area contributed by atoms with E-state index in [9.17, 15) is 26.4 Å². The van der Waals surface area contributed by atoms with Crippen LogP contribution in [0.1, 0.15) is 20.3 Å². The van der Waals surface area contributed by atoms with Gasteiger partial charge >= 0.3 is 0 Å². The fourth-order valence-corrected chi connectivity index (χ4v) is 4.21. The molecule has 186 valence electrons. The molecule has 3 aromatic rings. The van der Waals surface area contributed by atoms with Crippen molar-refractivity contribution in [1.29, 1.82) is 0 Å². The summed E-state index contributed by atoms with van der Waals surface area (Å²) in [6.07, 6.45) is 0.161. The number of nitrogens with one attached hydrogen (secondary N) is 2. The molecule has 0 aliphatic carbocycles. The van der Waals surface area contributed by atoms with E-state index >= 15 is 0 Å². The minimum absolute atomic E-state index is 0.0501. The number of pyridine rings is 1. The minimum Gasteiger partial charge on any atom is -0.381 e. The maximum absolute atomic E-state index is 14.3. The highest BCUT2D eigenvalue weighted by molar-refractivity contribution is 7.89. The number of amides is 1. The number of nitrogen functional groups attached to an aromatic ring is 1. The Hall–Kier alpha value is -3.64. The Morgan fingerprint density at radius 1 is 1.03 bits per heavy atom. The molecule has 0 saturated carbocycles. The van der Waals surface area contributed by atoms with Crippen molar-refractivity contribution in [3.63, 3.8) is 0 Å². The number of nitrogens with zero attached hydrogens (tertiary/aromatic N) is 1. The summed E-state index contributed by atoms with van der Waals surface area (Å²) in [5.74, 6) is -6.02. The second-order valence-corrected chi connectivity index (χ2v) is 9.75. The number of aromatic nitrogens is 1. The lowest BCUT2D eigenvalue weighted by Crippen LogP contribution is -2.36. The number of carbonyl (C=O) groups excluding carboxylic acids is 1. The molecule has 0 spiro atoms. The first-order chi connectivity index (χ1) is 16.4. The lowest BCUT2D eigenvalue weighted by atomic mass is 10.0. The van der Waals surface area contributed by atoms with Crippen LogP contribution in [0, 0.1) is 23.5 Å². The van der Waals surface area contributed by atoms with E-state index in [-0.39, 0.29) is 17.2 Å². The first-order valence-electron chi connectivity index (χ1n) is 10.5. The van der Waals surface area contributed by atoms with Crippen LogP contribution >= 0.6 is 0 Å². The summed E-state index contributed by atoms with van der Waals surface area (Å²) in [4.78, 5) is 15.8. The van der Waals surface area contributed by atoms with Crippen molar-refractivity contribution in [2.75, 3.05) is 16.4 Å². The smallest absolute Gasteiger partial charge is 0.253 e. The minimum atomic E-state index is -3.96. The predicted octanol–water partition coefficient (Wildman–Crippen LogP) is 3.86. The number of benzene rings is 2. The number of halogens is 3. The lowest BCUT2D eigenvalue weighted by Gasteiger charge is -2.22. The molecule has 2 aromatic carbocycles. The highest BCUT2D eigenvalue weighted by atomic mass is 32.2. The van der Waals surface area contributed by atoms with Gasteiger partial charge < -0.3 is 16.4 Å². The van der Waals surface area contributed by atoms with E-state index in [1.165, 1.54) is 18.2 Å². The van der Waals surface area contributed by atoms with Crippen LogP contribution in [0.15, 0.2) is 53.4 Å². The molecule has 1 amide bonds. The van der Waals surface area contributed by atoms with E-state index in [4.69, 9.17) is 10.9 Å². The molecule has 0 radical (unpaired) electrons. The Balaban J connectivity index is 1.85. The molecule has 1 heterocycles. The van der Waals surface area contributed by atoms with Crippen molar-refractivity contribution in [2.24, 2.45) is 11.1 Å². The average Bonchev–Trinajstić information content (AvgIpc) is 2.79. The van der Waals surface area contributed by atoms with Gasteiger partial charge in [-0.1, -0.05) is 44.2 Å². The molecular weight excluding hydrogens is 483 g/mol. The SMILES string of the molecule is CC(C)CC(Nc1c(F)c(N)nc(F)c1F)C(=O)Nc1ccc(-c2ccccc2S(N)(=O)=O)cc1. The summed E-state index contributed by atoms with van der Waals surface area (Å²) in [6.45, 7) is 3.60. The second-order valence-electron chi connectivity index (χ2n) is 8.23. The van der Waals surface area contributed by atoms with Gasteiger partial charge in [0.05, 0.1) is 4.90 Å². The van der Waals surface area contributed by atoms with Crippen molar-refractivity contribution in [3.05, 3.63) is 66.1 Å². The Kier molecular flexibility index (Phi) is 7.66. The number of primary sulfonamides is 1. The molecule has 1 atom stereocenters. The predicted molar refractivity (Wildman–Crippen MR) is 127 cm³/mol. The second kappa shape index (κ2) is 10.3. The first kappa shape index (κ1) is 26.0. The molecule has 8 nitrogen and oxygen atoms in total. The zero-order valence-electron chi connectivity index (χ0n) is 18.8. The number of hydrogen-bond acceptors (Lipinski definition) is 6. The standard InChI is InChI=1S/C23H24F3N5O3S/c1-12(2)11-16(30-20-18(24)21(26)31-22(27)19(20)25)23(32)29-14-9-7-13(8-10-14)15-5-3-4-6-17(15)35(28,33)34/h3-10,12,16H,11H2,1-2H3,(H,29,32)(H3,27,30,31)(H2,28,33,34). The van der Waals surface area contributed by atoms with Crippen LogP contribution < -0.4 is 21.5 Å². The van der Waals surface area contributed by atoms with Gasteiger partial charge in [0.25, 0.3) is 5.95 Å². The highest BCUT2D eigenvalue weighted by Crippen LogP contribution is 2.29. The van der Waals surface area contributed by atoms with Crippen LogP contribution in [0.3, 0.4) is 0 Å². The zero-order chi connectivity index (χ0) is 25.9. The molecule has 12 heteroatoms. The van der Waals surface area contributed by atoms with E-state index < -0.39 is 51.1 Å². The van der Waals surface area contributed by atoms with Gasteiger partial charge in [0.1, 0.15) is 11.7 Å². The van der Waals surface area contributed by atoms with Crippen LogP contribution in [-0.2, 0) is 14.8 Å². The third-order valence-electron chi connectivity index (χ3n) is 5.06. The average molecular weight is 508 g/mol. The molecular formula is C23H24F3N5O3S. The molecule has 1 unspecified atom stereocenters. The van der Waals surface area contributed by atoms with Crippen LogP contribution in [-0.4, -0.2) is 25.4 Å². The van der Waals surface area contributed by atoms with Crippen LogP contribution in [0.4, 0.5) is 30.4 Å². The monoisotopic (exact) mass is 507 g/mol. The maximum Gasteiger partial charge on any atom is 0.253 e. The number of sulfonamides is 1. The molecule has 3 rings (SSSR count). The summed E-state index contributed by atoms with van der Waals surface area (Å²) in [6, 6.07) is 11.3. The van der Waals surface area contributed by atoms with Gasteiger partial charge in [0, 0.05) is 11.3 Å². The molecule has 35 heavy (non-hydrogen) atoms. The van der Waals surface area contributed by atoms with Crippen molar-refractivity contribution >= 4 is 33.1 Å². The number of anilines is 3. The number of hydrogen-bond donors (Lipinski definition) is 4. The fourth-order valence-electron chi connectivity index (χ4n) is 3.45. The molecule has 0 aliphatic rings. The van der Waals surface area contributed by atoms with E-state index in [0.29, 0.717) is 16.8 Å². The first-order valence-corrected chi connectivity index (χ1v) is 12.0. The quantitative estimate of drug-likeness (QED) is 0.341. The summed E-state index contributed by atoms with van der Waals surface area (Å²) >= 11 is 0. The lowest BCUT2D eigenvalue weighted by molar-refractivity contribution is -0.117. The van der Waals surface area contributed by atoms with Crippen molar-refractivity contribution in [2.45, 2.75) is 31.2 Å². The largest absolute Gasteiger partial charge is 0.381 e. The van der Waals surface area contributed by atoms with E-state index in [1.54, 1.807) is 44.2 Å². The van der Waals surface area contributed by atoms with Crippen LogP contribution in [0.2, 0.25) is 0 Å². The Bertz CT molecular complexity index is 1320. The summed E-state index contributed by atoms with van der Waals surface area (Å²) in [7, 11) is -3.96. The van der Waals surface area contributed by atoms with Crippen LogP contribution in [0.25, 0.3) is 11.1 Å². The zero-order valence-corrected chi connectivity index (χ0v) is 19.7. The number of rotatable bonds is 8. The maximum atomic E-state index is 14.3. The third kappa shape index (κ3) is 6.08. The van der Waals surface area contributed by atoms with Gasteiger partial charge in [-0.3, -0.25) is 4.79 Å². The molecule has 0 bridgehead atoms. The Morgan fingerprint density at radius 3 is 2.26 bits per heavy atom. The van der Waals surface area contributed by atoms with Crippen molar-refractivity contribution in [3.8, 4) is 11.1 Å². The number of carbonyl (C=O) groups is 1. The van der Waals surface area contributed by atoms with Gasteiger partial charge in [0.15, 0.2) is 11.6 Å². The molecule has 1 aromatic heterocycles. The van der Waals surface area contributed by atoms with E-state index in [2.05, 4.69) is 15.6 Å². The molecule has 0 fully saturated rings. The number of nitrogens with two attached hydrogens (primary N) is 2. The molecule has 6 N–H and O–H groups in total. The van der Waals surface area contributed by atoms with E-state index in [1.807, 2.05) is 0 Å². The van der Waals surface area contributed by atoms with Gasteiger partial charge in [-0.25, -0.2) is 17.9 Å². The van der Waals surface area contributed by atoms with Crippen LogP contribution in [0.5, 0.6) is 0 Å². The summed E-state index contributed by atoms with van der Waals surface area (Å²) in [5, 5.41) is 10.3. The van der Waals surface area contributed by atoms with E-state index in [0.717, 1.165) is 0 Å². The topological polar surface area (TPSA) is 140 Å². The molecule has 0 aliphatic heterocycles. The molecule has 0 saturated heterocycles. The summed E-state index contributed by atoms with van der Waals surface area (Å²) < 4.78 is 65.9. The van der Waals surface area contributed by atoms with Gasteiger partial charge in [0.2, 0.25) is 21.7 Å².